The number of ether oxygens (including phenoxy) is 1. The topological polar surface area (TPSA) is 81.4 Å². The van der Waals surface area contributed by atoms with Crippen LogP contribution in [-0.2, 0) is 9.59 Å². The summed E-state index contributed by atoms with van der Waals surface area (Å²) in [6.07, 6.45) is 0.184. The second-order valence-corrected chi connectivity index (χ2v) is 4.21. The molecule has 3 N–H and O–H groups in total. The molecule has 0 saturated carbocycles. The Hall–Kier alpha value is -1.56. The quantitative estimate of drug-likeness (QED) is 0.816. The summed E-state index contributed by atoms with van der Waals surface area (Å²) in [7, 11) is 0. The number of benzene rings is 1. The van der Waals surface area contributed by atoms with Crippen molar-refractivity contribution >= 4 is 27.7 Å². The maximum Gasteiger partial charge on any atom is 0.236 e. The molecule has 17 heavy (non-hydrogen) atoms. The van der Waals surface area contributed by atoms with E-state index in [2.05, 4.69) is 21.2 Å². The van der Waals surface area contributed by atoms with Gasteiger partial charge in [0, 0.05) is 4.47 Å². The van der Waals surface area contributed by atoms with Gasteiger partial charge in [0.1, 0.15) is 5.75 Å². The molecule has 0 aliphatic heterocycles. The Bertz CT molecular complexity index is 392. The van der Waals surface area contributed by atoms with Crippen molar-refractivity contribution in [1.82, 2.24) is 5.32 Å². The molecule has 0 saturated heterocycles. The molecule has 5 nitrogen and oxygen atoms in total. The smallest absolute Gasteiger partial charge is 0.236 e. The highest BCUT2D eigenvalue weighted by molar-refractivity contribution is 9.10. The molecular weight excluding hydrogens is 288 g/mol. The fourth-order valence-electron chi connectivity index (χ4n) is 1.07. The molecule has 0 aliphatic rings. The molecule has 1 rings (SSSR count). The van der Waals surface area contributed by atoms with Gasteiger partial charge in [0.15, 0.2) is 0 Å². The first kappa shape index (κ1) is 13.5. The van der Waals surface area contributed by atoms with Gasteiger partial charge in [-0.05, 0) is 24.3 Å². The van der Waals surface area contributed by atoms with Crippen molar-refractivity contribution in [2.45, 2.75) is 6.42 Å². The zero-order valence-electron chi connectivity index (χ0n) is 9.11. The van der Waals surface area contributed by atoms with Crippen LogP contribution < -0.4 is 15.8 Å². The summed E-state index contributed by atoms with van der Waals surface area (Å²) in [6.45, 7) is 0.114. The molecule has 1 aromatic carbocycles. The summed E-state index contributed by atoms with van der Waals surface area (Å²) in [6, 6.07) is 7.29. The average Bonchev–Trinajstić information content (AvgIpc) is 2.29. The highest BCUT2D eigenvalue weighted by Gasteiger charge is 2.03. The molecule has 2 amide bonds. The Balaban J connectivity index is 2.21. The Morgan fingerprint density at radius 2 is 1.94 bits per heavy atom. The van der Waals surface area contributed by atoms with Gasteiger partial charge in [-0.1, -0.05) is 15.9 Å². The predicted molar refractivity (Wildman–Crippen MR) is 66.5 cm³/mol. The highest BCUT2D eigenvalue weighted by Crippen LogP contribution is 2.15. The summed E-state index contributed by atoms with van der Waals surface area (Å²) in [4.78, 5) is 21.6. The summed E-state index contributed by atoms with van der Waals surface area (Å²) < 4.78 is 6.30. The molecule has 1 aromatic rings. The second kappa shape index (κ2) is 6.90. The maximum absolute atomic E-state index is 11.2. The summed E-state index contributed by atoms with van der Waals surface area (Å²) in [5, 5.41) is 2.38. The lowest BCUT2D eigenvalue weighted by molar-refractivity contribution is -0.125. The minimum absolute atomic E-state index is 0.142. The highest BCUT2D eigenvalue weighted by atomic mass is 79.9. The van der Waals surface area contributed by atoms with Gasteiger partial charge in [-0.25, -0.2) is 0 Å². The molecular formula is C11H13BrN2O3. The van der Waals surface area contributed by atoms with Crippen LogP contribution in [0, 0.1) is 0 Å². The van der Waals surface area contributed by atoms with Crippen molar-refractivity contribution in [3.05, 3.63) is 28.7 Å². The second-order valence-electron chi connectivity index (χ2n) is 3.30. The van der Waals surface area contributed by atoms with Gasteiger partial charge in [0.05, 0.1) is 19.6 Å². The van der Waals surface area contributed by atoms with Crippen molar-refractivity contribution in [2.24, 2.45) is 5.73 Å². The van der Waals surface area contributed by atoms with Gasteiger partial charge in [0.25, 0.3) is 0 Å². The van der Waals surface area contributed by atoms with Gasteiger partial charge >= 0.3 is 0 Å². The van der Waals surface area contributed by atoms with Gasteiger partial charge in [-0.3, -0.25) is 9.59 Å². The van der Waals surface area contributed by atoms with E-state index in [0.29, 0.717) is 5.75 Å². The standard InChI is InChI=1S/C11H13BrN2O3/c12-8-1-3-9(4-2-8)17-6-5-11(16)14-7-10(13)15/h1-4H,5-7H2,(H2,13,15)(H,14,16). The first-order chi connectivity index (χ1) is 8.08. The van der Waals surface area contributed by atoms with Crippen molar-refractivity contribution in [3.63, 3.8) is 0 Å². The van der Waals surface area contributed by atoms with Crippen LogP contribution in [-0.4, -0.2) is 25.0 Å². The van der Waals surface area contributed by atoms with E-state index < -0.39 is 5.91 Å². The van der Waals surface area contributed by atoms with Crippen molar-refractivity contribution < 1.29 is 14.3 Å². The number of nitrogens with two attached hydrogens (primary N) is 1. The van der Waals surface area contributed by atoms with Crippen LogP contribution >= 0.6 is 15.9 Å². The number of halogens is 1. The monoisotopic (exact) mass is 300 g/mol. The third-order valence-electron chi connectivity index (χ3n) is 1.87. The van der Waals surface area contributed by atoms with Crippen LogP contribution in [0.25, 0.3) is 0 Å². The largest absolute Gasteiger partial charge is 0.493 e. The van der Waals surface area contributed by atoms with Crippen LogP contribution in [0.5, 0.6) is 5.75 Å². The minimum Gasteiger partial charge on any atom is -0.493 e. The zero-order valence-corrected chi connectivity index (χ0v) is 10.7. The maximum atomic E-state index is 11.2. The molecule has 0 aliphatic carbocycles. The minimum atomic E-state index is -0.563. The molecule has 0 spiro atoms. The SMILES string of the molecule is NC(=O)CNC(=O)CCOc1ccc(Br)cc1. The Morgan fingerprint density at radius 3 is 2.53 bits per heavy atom. The predicted octanol–water partition coefficient (Wildman–Crippen LogP) is 0.819. The van der Waals surface area contributed by atoms with Gasteiger partial charge in [-0.15, -0.1) is 0 Å². The van der Waals surface area contributed by atoms with E-state index in [9.17, 15) is 9.59 Å². The Kier molecular flexibility index (Phi) is 5.48. The van der Waals surface area contributed by atoms with Crippen molar-refractivity contribution in [1.29, 1.82) is 0 Å². The van der Waals surface area contributed by atoms with E-state index >= 15 is 0 Å². The summed E-state index contributed by atoms with van der Waals surface area (Å²) in [5.74, 6) is -0.135. The van der Waals surface area contributed by atoms with Crippen molar-refractivity contribution in [2.75, 3.05) is 13.2 Å². The van der Waals surface area contributed by atoms with E-state index in [1.54, 1.807) is 12.1 Å². The molecule has 0 unspecified atom stereocenters. The first-order valence-electron chi connectivity index (χ1n) is 5.01. The fraction of sp³-hybridized carbons (Fsp3) is 0.273. The molecule has 0 radical (unpaired) electrons. The molecule has 0 aromatic heterocycles. The van der Waals surface area contributed by atoms with Gasteiger partial charge < -0.3 is 15.8 Å². The number of carbonyl (C=O) groups excluding carboxylic acids is 2. The van der Waals surface area contributed by atoms with E-state index in [4.69, 9.17) is 10.5 Å². The fourth-order valence-corrected chi connectivity index (χ4v) is 1.33. The summed E-state index contributed by atoms with van der Waals surface area (Å²) in [5.41, 5.74) is 4.89. The molecule has 0 bridgehead atoms. The number of nitrogens with one attached hydrogen (secondary N) is 1. The van der Waals surface area contributed by atoms with Crippen LogP contribution in [0.15, 0.2) is 28.7 Å². The molecule has 0 heterocycles. The number of rotatable bonds is 6. The average molecular weight is 301 g/mol. The van der Waals surface area contributed by atoms with Crippen LogP contribution in [0.4, 0.5) is 0 Å². The lowest BCUT2D eigenvalue weighted by atomic mass is 10.3. The third kappa shape index (κ3) is 5.91. The lowest BCUT2D eigenvalue weighted by Gasteiger charge is -2.06. The lowest BCUT2D eigenvalue weighted by Crippen LogP contribution is -2.33. The molecule has 0 atom stereocenters. The molecule has 0 fully saturated rings. The molecule has 92 valence electrons. The van der Waals surface area contributed by atoms with Crippen LogP contribution in [0.1, 0.15) is 6.42 Å². The number of amides is 2. The Morgan fingerprint density at radius 1 is 1.29 bits per heavy atom. The Labute approximate surface area is 107 Å². The van der Waals surface area contributed by atoms with E-state index in [1.807, 2.05) is 12.1 Å². The van der Waals surface area contributed by atoms with Crippen molar-refractivity contribution in [3.8, 4) is 5.75 Å². The third-order valence-corrected chi connectivity index (χ3v) is 2.40. The van der Waals surface area contributed by atoms with Crippen LogP contribution in [0.3, 0.4) is 0 Å². The first-order valence-corrected chi connectivity index (χ1v) is 5.80. The van der Waals surface area contributed by atoms with E-state index in [-0.39, 0.29) is 25.5 Å². The molecule has 6 heteroatoms. The normalized spacial score (nSPS) is 9.71. The van der Waals surface area contributed by atoms with Gasteiger partial charge in [0.2, 0.25) is 11.8 Å². The number of primary amides is 1. The number of hydrogen-bond donors (Lipinski definition) is 2. The van der Waals surface area contributed by atoms with Crippen LogP contribution in [0.2, 0.25) is 0 Å². The van der Waals surface area contributed by atoms with E-state index in [1.165, 1.54) is 0 Å². The summed E-state index contributed by atoms with van der Waals surface area (Å²) >= 11 is 3.31. The number of carbonyl (C=O) groups is 2. The number of hydrogen-bond acceptors (Lipinski definition) is 3. The zero-order chi connectivity index (χ0) is 12.7. The van der Waals surface area contributed by atoms with Gasteiger partial charge in [-0.2, -0.15) is 0 Å². The van der Waals surface area contributed by atoms with E-state index in [0.717, 1.165) is 4.47 Å².